The molecule has 6 aromatic rings. The molecule has 13 heteroatoms. The number of halogens is 1. The summed E-state index contributed by atoms with van der Waals surface area (Å²) < 4.78 is 75.1. The molecule has 12 nitrogen and oxygen atoms in total. The van der Waals surface area contributed by atoms with Crippen molar-refractivity contribution in [3.8, 4) is 6.07 Å². The van der Waals surface area contributed by atoms with Crippen molar-refractivity contribution >= 4 is 22.6 Å². The fourth-order valence-corrected chi connectivity index (χ4v) is 9.58. The number of methoxy groups -OCH3 is 1. The van der Waals surface area contributed by atoms with Crippen molar-refractivity contribution in [2.45, 2.75) is 107 Å². The van der Waals surface area contributed by atoms with E-state index in [1.807, 2.05) is 176 Å². The van der Waals surface area contributed by atoms with Crippen LogP contribution in [0.4, 0.5) is 0 Å². The Kier molecular flexibility index (Phi) is 17.9. The molecular weight excluding hydrogens is 1000 g/mol. The van der Waals surface area contributed by atoms with Crippen molar-refractivity contribution in [3.05, 3.63) is 213 Å². The first-order chi connectivity index (χ1) is 34.5. The third kappa shape index (κ3) is 12.9. The summed E-state index contributed by atoms with van der Waals surface area (Å²) in [5, 5.41) is 10.8. The second-order valence-electron chi connectivity index (χ2n) is 17.5. The van der Waals surface area contributed by atoms with Gasteiger partial charge < -0.3 is 52.1 Å². The van der Waals surface area contributed by atoms with Crippen molar-refractivity contribution in [2.75, 3.05) is 20.3 Å². The topological polar surface area (TPSA) is 125 Å². The second kappa shape index (κ2) is 25.0. The second-order valence-corrected chi connectivity index (χ2v) is 18.6. The Balaban J connectivity index is 1.03. The van der Waals surface area contributed by atoms with Gasteiger partial charge in [0.1, 0.15) is 54.9 Å². The molecule has 0 aromatic heterocycles. The highest BCUT2D eigenvalue weighted by molar-refractivity contribution is 14.1. The summed E-state index contributed by atoms with van der Waals surface area (Å²) in [6.07, 6.45) is -7.73. The molecule has 0 radical (unpaired) electrons. The lowest BCUT2D eigenvalue weighted by Crippen LogP contribution is -2.67. The van der Waals surface area contributed by atoms with Crippen LogP contribution < -0.4 is 0 Å². The van der Waals surface area contributed by atoms with Gasteiger partial charge in [0.15, 0.2) is 12.6 Å². The molecule has 0 aliphatic carbocycles. The predicted octanol–water partition coefficient (Wildman–Crippen LogP) is 9.51. The van der Waals surface area contributed by atoms with Crippen molar-refractivity contribution in [1.29, 1.82) is 5.26 Å². The van der Waals surface area contributed by atoms with Gasteiger partial charge >= 0.3 is 0 Å². The molecule has 3 aliphatic rings. The van der Waals surface area contributed by atoms with E-state index in [-0.39, 0.29) is 52.7 Å². The summed E-state index contributed by atoms with van der Waals surface area (Å²) in [4.78, 5) is 0. The van der Waals surface area contributed by atoms with Crippen LogP contribution >= 0.6 is 22.6 Å². The molecule has 0 saturated carbocycles. The molecule has 3 fully saturated rings. The van der Waals surface area contributed by atoms with E-state index >= 15 is 0 Å². The molecule has 0 unspecified atom stereocenters. The quantitative estimate of drug-likeness (QED) is 0.0638. The van der Waals surface area contributed by atoms with Crippen LogP contribution in [-0.4, -0.2) is 87.5 Å². The maximum atomic E-state index is 10.8. The van der Waals surface area contributed by atoms with Gasteiger partial charge in [-0.3, -0.25) is 0 Å². The van der Waals surface area contributed by atoms with E-state index in [2.05, 4.69) is 28.7 Å². The van der Waals surface area contributed by atoms with Crippen molar-refractivity contribution in [2.24, 2.45) is 0 Å². The summed E-state index contributed by atoms with van der Waals surface area (Å²) >= 11 is 2.27. The molecule has 11 atom stereocenters. The Bertz CT molecular complexity index is 2520. The van der Waals surface area contributed by atoms with Gasteiger partial charge in [0.25, 0.3) is 5.79 Å². The zero-order valence-electron chi connectivity index (χ0n) is 39.0. The van der Waals surface area contributed by atoms with Crippen LogP contribution in [0.5, 0.6) is 0 Å². The zero-order valence-corrected chi connectivity index (χ0v) is 41.1. The first kappa shape index (κ1) is 50.1. The fourth-order valence-electron chi connectivity index (χ4n) is 9.00. The SMILES string of the molecule is CO[C@H]1O[C@H](CO[C@H]2O[C@@H]3CO[C@@](C#N)(Cc4ccccc4I)O[C@H]3[C@H](OCc3ccccc3)[C@H]2OCc2ccccc2)[C@@H](OCc2ccccc2)[C@H](OCc2ccccc2)[C@H]1OCc1ccccc1. The average Bonchev–Trinajstić information content (AvgIpc) is 3.41. The highest BCUT2D eigenvalue weighted by Gasteiger charge is 2.56. The Morgan fingerprint density at radius 3 is 1.41 bits per heavy atom. The van der Waals surface area contributed by atoms with Crippen LogP contribution in [0, 0.1) is 14.9 Å². The number of nitriles is 1. The first-order valence-corrected chi connectivity index (χ1v) is 24.7. The summed E-state index contributed by atoms with van der Waals surface area (Å²) in [5.74, 6) is -1.62. The van der Waals surface area contributed by atoms with E-state index in [0.717, 1.165) is 37.0 Å². The molecular formula is C57H58INO11. The largest absolute Gasteiger partial charge is 0.368 e. The number of rotatable bonds is 21. The molecule has 3 aliphatic heterocycles. The van der Waals surface area contributed by atoms with Crippen LogP contribution in [0.3, 0.4) is 0 Å². The van der Waals surface area contributed by atoms with Gasteiger partial charge in [-0.05, 0) is 62.0 Å². The Morgan fingerprint density at radius 2 is 0.943 bits per heavy atom. The molecule has 364 valence electrons. The number of benzene rings is 6. The molecule has 0 N–H and O–H groups in total. The molecule has 0 spiro atoms. The monoisotopic (exact) mass is 1060 g/mol. The minimum absolute atomic E-state index is 0.0302. The maximum Gasteiger partial charge on any atom is 0.264 e. The van der Waals surface area contributed by atoms with E-state index in [0.29, 0.717) is 0 Å². The van der Waals surface area contributed by atoms with E-state index in [9.17, 15) is 5.26 Å². The first-order valence-electron chi connectivity index (χ1n) is 23.7. The Labute approximate surface area is 423 Å². The highest BCUT2D eigenvalue weighted by Crippen LogP contribution is 2.39. The van der Waals surface area contributed by atoms with Crippen LogP contribution in [0.15, 0.2) is 176 Å². The van der Waals surface area contributed by atoms with E-state index < -0.39 is 67.2 Å². The fraction of sp³-hybridized carbons (Fsp3) is 0.351. The summed E-state index contributed by atoms with van der Waals surface area (Å²) in [6.45, 7) is 1.27. The van der Waals surface area contributed by atoms with E-state index in [1.165, 1.54) is 0 Å². The average molecular weight is 1060 g/mol. The number of ether oxygens (including phenoxy) is 11. The van der Waals surface area contributed by atoms with Crippen molar-refractivity contribution in [3.63, 3.8) is 0 Å². The number of hydrogen-bond donors (Lipinski definition) is 0. The lowest BCUT2D eigenvalue weighted by atomic mass is 9.95. The van der Waals surface area contributed by atoms with Gasteiger partial charge in [-0.15, -0.1) is 0 Å². The highest BCUT2D eigenvalue weighted by atomic mass is 127. The van der Waals surface area contributed by atoms with Gasteiger partial charge in [0, 0.05) is 17.1 Å². The molecule has 3 saturated heterocycles. The number of hydrogen-bond acceptors (Lipinski definition) is 12. The zero-order chi connectivity index (χ0) is 48.0. The van der Waals surface area contributed by atoms with E-state index in [4.69, 9.17) is 52.1 Å². The summed E-state index contributed by atoms with van der Waals surface area (Å²) in [6, 6.07) is 59.9. The molecule has 0 amide bonds. The molecule has 6 aromatic carbocycles. The third-order valence-corrected chi connectivity index (χ3v) is 13.7. The van der Waals surface area contributed by atoms with Crippen molar-refractivity contribution in [1.82, 2.24) is 0 Å². The standard InChI is InChI=1S/C57H58INO11/c1-60-55-53(64-35-43-25-13-5-14-26-43)51(62-33-41-21-9-3-10-22-41)49(61-32-40-19-7-2-8-20-40)47(68-55)37-66-56-54(65-36-44-27-15-6-16-28-44)52(63-34-42-23-11-4-12-24-42)50-48(69-56)38-67-57(39-59,70-50)31-45-29-17-18-30-46(45)58/h2-30,47-56H,31-38H2,1H3/t47-,48-,49-,50-,51+,52+,53-,54-,55+,56+,57+/m1/s1. The van der Waals surface area contributed by atoms with Gasteiger partial charge in [0.05, 0.1) is 46.2 Å². The van der Waals surface area contributed by atoms with Gasteiger partial charge in [-0.2, -0.15) is 5.26 Å². The minimum Gasteiger partial charge on any atom is -0.368 e. The molecule has 9 rings (SSSR count). The van der Waals surface area contributed by atoms with Crippen LogP contribution in [-0.2, 0) is 91.6 Å². The lowest BCUT2D eigenvalue weighted by molar-refractivity contribution is -0.391. The van der Waals surface area contributed by atoms with Crippen molar-refractivity contribution < 1.29 is 52.1 Å². The Morgan fingerprint density at radius 1 is 0.514 bits per heavy atom. The van der Waals surface area contributed by atoms with Gasteiger partial charge in [0.2, 0.25) is 0 Å². The summed E-state index contributed by atoms with van der Waals surface area (Å²) in [5.41, 5.74) is 5.76. The van der Waals surface area contributed by atoms with E-state index in [1.54, 1.807) is 7.11 Å². The molecule has 0 bridgehead atoms. The molecule has 3 heterocycles. The summed E-state index contributed by atoms with van der Waals surface area (Å²) in [7, 11) is 1.59. The smallest absolute Gasteiger partial charge is 0.264 e. The van der Waals surface area contributed by atoms with Gasteiger partial charge in [-0.25, -0.2) is 0 Å². The predicted molar refractivity (Wildman–Crippen MR) is 267 cm³/mol. The maximum absolute atomic E-state index is 10.8. The minimum atomic E-state index is -1.62. The van der Waals surface area contributed by atoms with Crippen LogP contribution in [0.2, 0.25) is 0 Å². The van der Waals surface area contributed by atoms with Gasteiger partial charge in [-0.1, -0.05) is 170 Å². The normalized spacial score (nSPS) is 27.6. The lowest BCUT2D eigenvalue weighted by Gasteiger charge is -2.51. The van der Waals surface area contributed by atoms with Crippen LogP contribution in [0.25, 0.3) is 0 Å². The number of fused-ring (bicyclic) bond motifs is 1. The third-order valence-electron chi connectivity index (χ3n) is 12.6. The van der Waals surface area contributed by atoms with Crippen LogP contribution in [0.1, 0.15) is 33.4 Å². The molecule has 70 heavy (non-hydrogen) atoms. The Hall–Kier alpha value is -4.90. The number of nitrogens with zero attached hydrogens (tertiary/aromatic N) is 1.